The van der Waals surface area contributed by atoms with Gasteiger partial charge in [-0.05, 0) is 25.1 Å². The van der Waals surface area contributed by atoms with E-state index in [0.29, 0.717) is 5.02 Å². The van der Waals surface area contributed by atoms with Crippen molar-refractivity contribution in [3.63, 3.8) is 0 Å². The highest BCUT2D eigenvalue weighted by atomic mass is 35.5. The smallest absolute Gasteiger partial charge is 0.333 e. The zero-order valence-corrected chi connectivity index (χ0v) is 10.8. The number of carboxylic acid groups (broad SMARTS) is 1. The Balaban J connectivity index is 3.36. The zero-order valence-electron chi connectivity index (χ0n) is 9.25. The summed E-state index contributed by atoms with van der Waals surface area (Å²) >= 11 is 11.7. The van der Waals surface area contributed by atoms with Gasteiger partial charge < -0.3 is 10.4 Å². The number of carboxylic acids is 1. The van der Waals surface area contributed by atoms with Gasteiger partial charge in [-0.15, -0.1) is 0 Å². The molecule has 1 rings (SSSR count). The standard InChI is InChI=1S/C11H11Cl2NO3/c1-6(15)14-11(2,10(16)17)8-5-7(12)3-4-9(8)13/h3-5H,1-2H3,(H,14,15)(H,16,17). The van der Waals surface area contributed by atoms with Crippen LogP contribution < -0.4 is 5.32 Å². The number of benzene rings is 1. The minimum Gasteiger partial charge on any atom is -0.479 e. The van der Waals surface area contributed by atoms with Crippen molar-refractivity contribution in [1.82, 2.24) is 5.32 Å². The Morgan fingerprint density at radius 1 is 1.35 bits per heavy atom. The summed E-state index contributed by atoms with van der Waals surface area (Å²) in [6.07, 6.45) is 0. The predicted molar refractivity (Wildman–Crippen MR) is 65.3 cm³/mol. The highest BCUT2D eigenvalue weighted by molar-refractivity contribution is 6.34. The summed E-state index contributed by atoms with van der Waals surface area (Å²) < 4.78 is 0. The van der Waals surface area contributed by atoms with Gasteiger partial charge in [0.25, 0.3) is 0 Å². The van der Waals surface area contributed by atoms with Crippen LogP contribution in [0.2, 0.25) is 10.0 Å². The van der Waals surface area contributed by atoms with Crippen LogP contribution in [0.3, 0.4) is 0 Å². The van der Waals surface area contributed by atoms with Gasteiger partial charge in [0.15, 0.2) is 5.54 Å². The van der Waals surface area contributed by atoms with Crippen molar-refractivity contribution in [2.45, 2.75) is 19.4 Å². The van der Waals surface area contributed by atoms with Crippen LogP contribution >= 0.6 is 23.2 Å². The summed E-state index contributed by atoms with van der Waals surface area (Å²) in [5, 5.41) is 12.2. The second-order valence-corrected chi connectivity index (χ2v) is 4.58. The van der Waals surface area contributed by atoms with Crippen molar-refractivity contribution >= 4 is 35.1 Å². The molecule has 1 aromatic carbocycles. The Bertz CT molecular complexity index is 476. The second kappa shape index (κ2) is 4.94. The molecular weight excluding hydrogens is 265 g/mol. The number of rotatable bonds is 3. The van der Waals surface area contributed by atoms with Gasteiger partial charge in [0, 0.05) is 22.5 Å². The van der Waals surface area contributed by atoms with Gasteiger partial charge in [-0.3, -0.25) is 4.79 Å². The summed E-state index contributed by atoms with van der Waals surface area (Å²) in [6, 6.07) is 4.46. The summed E-state index contributed by atoms with van der Waals surface area (Å²) in [5.41, 5.74) is -1.36. The first-order valence-corrected chi connectivity index (χ1v) is 5.50. The number of nitrogens with one attached hydrogen (secondary N) is 1. The molecule has 0 aromatic heterocycles. The van der Waals surface area contributed by atoms with E-state index in [9.17, 15) is 14.7 Å². The molecule has 1 aromatic rings. The molecule has 0 heterocycles. The van der Waals surface area contributed by atoms with E-state index in [2.05, 4.69) is 5.32 Å². The maximum absolute atomic E-state index is 11.3. The Labute approximate surface area is 109 Å². The average Bonchev–Trinajstić information content (AvgIpc) is 2.20. The summed E-state index contributed by atoms with van der Waals surface area (Å²) in [4.78, 5) is 22.4. The molecule has 0 aliphatic rings. The predicted octanol–water partition coefficient (Wildman–Crippen LogP) is 2.43. The fourth-order valence-electron chi connectivity index (χ4n) is 1.47. The lowest BCUT2D eigenvalue weighted by molar-refractivity contribution is -0.147. The van der Waals surface area contributed by atoms with E-state index in [0.717, 1.165) is 0 Å². The minimum atomic E-state index is -1.60. The Morgan fingerprint density at radius 3 is 2.41 bits per heavy atom. The molecule has 0 saturated heterocycles. The quantitative estimate of drug-likeness (QED) is 0.891. The Kier molecular flexibility index (Phi) is 4.01. The molecule has 0 fully saturated rings. The number of hydrogen-bond acceptors (Lipinski definition) is 2. The molecule has 4 nitrogen and oxygen atoms in total. The van der Waals surface area contributed by atoms with Gasteiger partial charge in [0.2, 0.25) is 5.91 Å². The normalized spacial score (nSPS) is 13.9. The molecule has 0 bridgehead atoms. The molecule has 0 spiro atoms. The van der Waals surface area contributed by atoms with Gasteiger partial charge in [-0.1, -0.05) is 23.2 Å². The SMILES string of the molecule is CC(=O)NC(C)(C(=O)O)c1cc(Cl)ccc1Cl. The van der Waals surface area contributed by atoms with Crippen LogP contribution in [0.15, 0.2) is 18.2 Å². The lowest BCUT2D eigenvalue weighted by atomic mass is 9.92. The van der Waals surface area contributed by atoms with E-state index < -0.39 is 17.4 Å². The van der Waals surface area contributed by atoms with Crippen molar-refractivity contribution in [1.29, 1.82) is 0 Å². The third kappa shape index (κ3) is 2.90. The van der Waals surface area contributed by atoms with Crippen LogP contribution in [0.5, 0.6) is 0 Å². The molecule has 0 aliphatic carbocycles. The molecule has 0 aliphatic heterocycles. The summed E-state index contributed by atoms with van der Waals surface area (Å²) in [7, 11) is 0. The molecule has 1 amide bonds. The van der Waals surface area contributed by atoms with Crippen molar-refractivity contribution in [3.05, 3.63) is 33.8 Å². The first-order chi connectivity index (χ1) is 7.77. The molecule has 0 saturated carbocycles. The van der Waals surface area contributed by atoms with Gasteiger partial charge in [0.1, 0.15) is 0 Å². The number of carbonyl (C=O) groups excluding carboxylic acids is 1. The van der Waals surface area contributed by atoms with Crippen molar-refractivity contribution < 1.29 is 14.7 Å². The fourth-order valence-corrected chi connectivity index (χ4v) is 1.95. The molecular formula is C11H11Cl2NO3. The van der Waals surface area contributed by atoms with Gasteiger partial charge in [-0.25, -0.2) is 4.79 Å². The maximum atomic E-state index is 11.3. The van der Waals surface area contributed by atoms with Crippen LogP contribution in [0.25, 0.3) is 0 Å². The molecule has 17 heavy (non-hydrogen) atoms. The van der Waals surface area contributed by atoms with E-state index in [1.54, 1.807) is 6.07 Å². The number of aliphatic carboxylic acids is 1. The monoisotopic (exact) mass is 275 g/mol. The van der Waals surface area contributed by atoms with Crippen LogP contribution in [0.1, 0.15) is 19.4 Å². The summed E-state index contributed by atoms with van der Waals surface area (Å²) in [5.74, 6) is -1.68. The number of carbonyl (C=O) groups is 2. The number of halogens is 2. The maximum Gasteiger partial charge on any atom is 0.333 e. The van der Waals surface area contributed by atoms with E-state index in [4.69, 9.17) is 23.2 Å². The highest BCUT2D eigenvalue weighted by Gasteiger charge is 2.38. The third-order valence-electron chi connectivity index (χ3n) is 2.32. The van der Waals surface area contributed by atoms with E-state index >= 15 is 0 Å². The molecule has 1 unspecified atom stereocenters. The first kappa shape index (κ1) is 13.8. The van der Waals surface area contributed by atoms with Crippen LogP contribution in [-0.4, -0.2) is 17.0 Å². The van der Waals surface area contributed by atoms with E-state index in [1.807, 2.05) is 0 Å². The molecule has 2 N–H and O–H groups in total. The fraction of sp³-hybridized carbons (Fsp3) is 0.273. The first-order valence-electron chi connectivity index (χ1n) is 4.75. The average molecular weight is 276 g/mol. The van der Waals surface area contributed by atoms with Crippen molar-refractivity contribution in [2.24, 2.45) is 0 Å². The lowest BCUT2D eigenvalue weighted by Crippen LogP contribution is -2.49. The highest BCUT2D eigenvalue weighted by Crippen LogP contribution is 2.30. The topological polar surface area (TPSA) is 66.4 Å². The lowest BCUT2D eigenvalue weighted by Gasteiger charge is -2.27. The van der Waals surface area contributed by atoms with E-state index in [1.165, 1.54) is 26.0 Å². The third-order valence-corrected chi connectivity index (χ3v) is 2.89. The molecule has 92 valence electrons. The van der Waals surface area contributed by atoms with Crippen molar-refractivity contribution in [2.75, 3.05) is 0 Å². The van der Waals surface area contributed by atoms with E-state index in [-0.39, 0.29) is 10.6 Å². The largest absolute Gasteiger partial charge is 0.479 e. The molecule has 0 radical (unpaired) electrons. The molecule has 1 atom stereocenters. The van der Waals surface area contributed by atoms with Gasteiger partial charge in [-0.2, -0.15) is 0 Å². The van der Waals surface area contributed by atoms with Crippen LogP contribution in [0, 0.1) is 0 Å². The van der Waals surface area contributed by atoms with Crippen molar-refractivity contribution in [3.8, 4) is 0 Å². The van der Waals surface area contributed by atoms with Gasteiger partial charge in [0.05, 0.1) is 0 Å². The number of hydrogen-bond donors (Lipinski definition) is 2. The Morgan fingerprint density at radius 2 is 1.94 bits per heavy atom. The van der Waals surface area contributed by atoms with Crippen LogP contribution in [0.4, 0.5) is 0 Å². The zero-order chi connectivity index (χ0) is 13.2. The Hall–Kier alpha value is -1.26. The van der Waals surface area contributed by atoms with Gasteiger partial charge >= 0.3 is 5.97 Å². The summed E-state index contributed by atoms with van der Waals surface area (Å²) in [6.45, 7) is 2.59. The molecule has 6 heteroatoms. The second-order valence-electron chi connectivity index (χ2n) is 3.74. The van der Waals surface area contributed by atoms with Crippen LogP contribution in [-0.2, 0) is 15.1 Å². The number of amides is 1. The minimum absolute atomic E-state index is 0.230.